The van der Waals surface area contributed by atoms with Gasteiger partial charge in [-0.3, -0.25) is 10.8 Å². The SMILES string of the molecule is CC(C)OC(=O)c1cn(Cc2ccc(C(=N)N)cc2)cc1Cc1cccc(C(=N)N)c1. The maximum Gasteiger partial charge on any atom is 0.340 e. The second-order valence-corrected chi connectivity index (χ2v) is 7.72. The van der Waals surface area contributed by atoms with Gasteiger partial charge in [-0.15, -0.1) is 0 Å². The lowest BCUT2D eigenvalue weighted by molar-refractivity contribution is 0.0377. The fourth-order valence-corrected chi connectivity index (χ4v) is 3.32. The molecule has 3 rings (SSSR count). The van der Waals surface area contributed by atoms with E-state index in [-0.39, 0.29) is 23.7 Å². The molecule has 7 heteroatoms. The average molecular weight is 418 g/mol. The number of nitrogen functional groups attached to an aromatic ring is 2. The van der Waals surface area contributed by atoms with Crippen LogP contribution in [-0.2, 0) is 17.7 Å². The Morgan fingerprint density at radius 1 is 0.968 bits per heavy atom. The largest absolute Gasteiger partial charge is 0.459 e. The van der Waals surface area contributed by atoms with Crippen LogP contribution in [0.2, 0.25) is 0 Å². The summed E-state index contributed by atoms with van der Waals surface area (Å²) in [6.45, 7) is 4.20. The molecule has 0 saturated carbocycles. The third kappa shape index (κ3) is 5.60. The molecule has 0 saturated heterocycles. The van der Waals surface area contributed by atoms with E-state index in [2.05, 4.69) is 0 Å². The molecule has 0 bridgehead atoms. The molecule has 0 aliphatic rings. The first-order valence-corrected chi connectivity index (χ1v) is 9.99. The van der Waals surface area contributed by atoms with Crippen molar-refractivity contribution in [3.8, 4) is 0 Å². The number of aromatic nitrogens is 1. The molecular formula is C24H27N5O2. The van der Waals surface area contributed by atoms with Crippen LogP contribution < -0.4 is 11.5 Å². The molecule has 7 nitrogen and oxygen atoms in total. The smallest absolute Gasteiger partial charge is 0.340 e. The summed E-state index contributed by atoms with van der Waals surface area (Å²) in [4.78, 5) is 12.7. The molecule has 0 aliphatic carbocycles. The lowest BCUT2D eigenvalue weighted by Crippen LogP contribution is -2.13. The number of rotatable bonds is 8. The van der Waals surface area contributed by atoms with E-state index in [1.165, 1.54) is 0 Å². The zero-order valence-electron chi connectivity index (χ0n) is 17.7. The number of nitrogens with one attached hydrogen (secondary N) is 2. The molecule has 3 aromatic rings. The predicted octanol–water partition coefficient (Wildman–Crippen LogP) is 3.26. The molecule has 0 unspecified atom stereocenters. The van der Waals surface area contributed by atoms with Gasteiger partial charge in [0, 0.05) is 30.1 Å². The minimum Gasteiger partial charge on any atom is -0.459 e. The first-order valence-electron chi connectivity index (χ1n) is 9.99. The summed E-state index contributed by atoms with van der Waals surface area (Å²) >= 11 is 0. The van der Waals surface area contributed by atoms with Crippen LogP contribution in [0.25, 0.3) is 0 Å². The summed E-state index contributed by atoms with van der Waals surface area (Å²) in [6, 6.07) is 14.9. The molecule has 0 aliphatic heterocycles. The van der Waals surface area contributed by atoms with Crippen LogP contribution in [0.3, 0.4) is 0 Å². The highest BCUT2D eigenvalue weighted by atomic mass is 16.5. The summed E-state index contributed by atoms with van der Waals surface area (Å²) in [5, 5.41) is 15.2. The number of ether oxygens (including phenoxy) is 1. The third-order valence-electron chi connectivity index (χ3n) is 4.79. The number of amidine groups is 2. The monoisotopic (exact) mass is 417 g/mol. The number of benzene rings is 2. The van der Waals surface area contributed by atoms with Gasteiger partial charge in [0.05, 0.1) is 11.7 Å². The van der Waals surface area contributed by atoms with E-state index in [9.17, 15) is 4.79 Å². The Morgan fingerprint density at radius 2 is 1.65 bits per heavy atom. The van der Waals surface area contributed by atoms with Crippen LogP contribution in [0, 0.1) is 10.8 Å². The molecule has 2 aromatic carbocycles. The number of hydrogen-bond donors (Lipinski definition) is 4. The molecule has 0 atom stereocenters. The number of nitrogens with zero attached hydrogens (tertiary/aromatic N) is 1. The van der Waals surface area contributed by atoms with E-state index in [0.717, 1.165) is 16.7 Å². The van der Waals surface area contributed by atoms with Gasteiger partial charge < -0.3 is 20.8 Å². The van der Waals surface area contributed by atoms with Crippen molar-refractivity contribution in [3.63, 3.8) is 0 Å². The average Bonchev–Trinajstić information content (AvgIpc) is 3.10. The maximum absolute atomic E-state index is 12.7. The Kier molecular flexibility index (Phi) is 6.55. The first kappa shape index (κ1) is 21.8. The van der Waals surface area contributed by atoms with Crippen LogP contribution in [0.15, 0.2) is 60.9 Å². The molecule has 1 aromatic heterocycles. The molecule has 0 spiro atoms. The van der Waals surface area contributed by atoms with E-state index in [1.54, 1.807) is 12.3 Å². The van der Waals surface area contributed by atoms with Gasteiger partial charge >= 0.3 is 5.97 Å². The number of esters is 1. The topological polar surface area (TPSA) is 131 Å². The molecule has 0 radical (unpaired) electrons. The number of carbonyl (C=O) groups excluding carboxylic acids is 1. The first-order chi connectivity index (χ1) is 14.7. The molecule has 31 heavy (non-hydrogen) atoms. The Bertz CT molecular complexity index is 1110. The standard InChI is InChI=1S/C24H27N5O2/c1-15(2)31-24(30)21-14-29(12-16-6-8-18(9-7-16)22(25)26)13-20(21)11-17-4-3-5-19(10-17)23(27)28/h3-10,13-15H,11-12H2,1-2H3,(H3,25,26)(H3,27,28). The predicted molar refractivity (Wildman–Crippen MR) is 122 cm³/mol. The quantitative estimate of drug-likeness (QED) is 0.254. The van der Waals surface area contributed by atoms with Crippen LogP contribution in [0.4, 0.5) is 0 Å². The van der Waals surface area contributed by atoms with Gasteiger partial charge in [-0.1, -0.05) is 42.5 Å². The maximum atomic E-state index is 12.7. The Hall–Kier alpha value is -3.87. The molecule has 6 N–H and O–H groups in total. The normalized spacial score (nSPS) is 10.8. The summed E-state index contributed by atoms with van der Waals surface area (Å²) in [5.41, 5.74) is 15.8. The van der Waals surface area contributed by atoms with Gasteiger partial charge in [0.25, 0.3) is 0 Å². The number of carbonyl (C=O) groups is 1. The van der Waals surface area contributed by atoms with Crippen LogP contribution in [-0.4, -0.2) is 28.3 Å². The van der Waals surface area contributed by atoms with E-state index in [0.29, 0.717) is 29.7 Å². The Morgan fingerprint density at radius 3 is 2.26 bits per heavy atom. The van der Waals surface area contributed by atoms with Crippen LogP contribution in [0.5, 0.6) is 0 Å². The van der Waals surface area contributed by atoms with E-state index in [1.807, 2.05) is 67.1 Å². The molecule has 1 heterocycles. The van der Waals surface area contributed by atoms with Crippen molar-refractivity contribution in [2.45, 2.75) is 32.9 Å². The zero-order chi connectivity index (χ0) is 22.5. The number of nitrogens with two attached hydrogens (primary N) is 2. The summed E-state index contributed by atoms with van der Waals surface area (Å²) in [6.07, 6.45) is 4.04. The Labute approximate surface area is 181 Å². The Balaban J connectivity index is 1.90. The second kappa shape index (κ2) is 9.30. The second-order valence-electron chi connectivity index (χ2n) is 7.72. The van der Waals surface area contributed by atoms with Crippen molar-refractivity contribution in [1.29, 1.82) is 10.8 Å². The van der Waals surface area contributed by atoms with Gasteiger partial charge in [0.2, 0.25) is 0 Å². The van der Waals surface area contributed by atoms with Gasteiger partial charge in [-0.25, -0.2) is 4.79 Å². The van der Waals surface area contributed by atoms with Crippen molar-refractivity contribution in [2.24, 2.45) is 11.5 Å². The zero-order valence-corrected chi connectivity index (χ0v) is 17.7. The third-order valence-corrected chi connectivity index (χ3v) is 4.79. The molecule has 0 amide bonds. The number of hydrogen-bond acceptors (Lipinski definition) is 4. The van der Waals surface area contributed by atoms with Gasteiger partial charge in [-0.2, -0.15) is 0 Å². The van der Waals surface area contributed by atoms with Crippen molar-refractivity contribution in [2.75, 3.05) is 0 Å². The van der Waals surface area contributed by atoms with Crippen LogP contribution in [0.1, 0.15) is 52.0 Å². The fraction of sp³-hybridized carbons (Fsp3) is 0.208. The van der Waals surface area contributed by atoms with Gasteiger partial charge in [0.15, 0.2) is 0 Å². The minimum absolute atomic E-state index is 0.00729. The highest BCUT2D eigenvalue weighted by Gasteiger charge is 2.18. The van der Waals surface area contributed by atoms with Crippen LogP contribution >= 0.6 is 0 Å². The van der Waals surface area contributed by atoms with Crippen molar-refractivity contribution in [3.05, 3.63) is 94.3 Å². The lowest BCUT2D eigenvalue weighted by atomic mass is 10.0. The van der Waals surface area contributed by atoms with Gasteiger partial charge in [-0.05, 0) is 43.0 Å². The highest BCUT2D eigenvalue weighted by molar-refractivity contribution is 5.95. The summed E-state index contributed by atoms with van der Waals surface area (Å²) in [5.74, 6) is -0.326. The highest BCUT2D eigenvalue weighted by Crippen LogP contribution is 2.20. The molecular weight excluding hydrogens is 390 g/mol. The fourth-order valence-electron chi connectivity index (χ4n) is 3.32. The summed E-state index contributed by atoms with van der Waals surface area (Å²) in [7, 11) is 0. The van der Waals surface area contributed by atoms with E-state index < -0.39 is 0 Å². The molecule has 0 fully saturated rings. The minimum atomic E-state index is -0.363. The van der Waals surface area contributed by atoms with E-state index >= 15 is 0 Å². The van der Waals surface area contributed by atoms with E-state index in [4.69, 9.17) is 27.0 Å². The lowest BCUT2D eigenvalue weighted by Gasteiger charge is -2.09. The van der Waals surface area contributed by atoms with Gasteiger partial charge in [0.1, 0.15) is 11.7 Å². The van der Waals surface area contributed by atoms with Crippen molar-refractivity contribution < 1.29 is 9.53 Å². The molecule has 160 valence electrons. The van der Waals surface area contributed by atoms with Crippen molar-refractivity contribution in [1.82, 2.24) is 4.57 Å². The van der Waals surface area contributed by atoms with Crippen molar-refractivity contribution >= 4 is 17.6 Å². The summed E-state index contributed by atoms with van der Waals surface area (Å²) < 4.78 is 7.39.